The van der Waals surface area contributed by atoms with Crippen LogP contribution in [0.5, 0.6) is 0 Å². The zero-order chi connectivity index (χ0) is 18.0. The van der Waals surface area contributed by atoms with Gasteiger partial charge in [0.25, 0.3) is 5.69 Å². The maximum atomic E-state index is 12.6. The summed E-state index contributed by atoms with van der Waals surface area (Å²) in [6.07, 6.45) is 1.54. The first-order valence-corrected chi connectivity index (χ1v) is 7.61. The van der Waals surface area contributed by atoms with Crippen LogP contribution in [0.1, 0.15) is 5.56 Å². The fraction of sp³-hybridized carbons (Fsp3) is 0.111. The third-order valence-electron chi connectivity index (χ3n) is 3.89. The Bertz CT molecular complexity index is 957. The van der Waals surface area contributed by atoms with Crippen molar-refractivity contribution in [1.82, 2.24) is 4.98 Å². The number of nitrogens with one attached hydrogen (secondary N) is 1. The van der Waals surface area contributed by atoms with E-state index in [1.165, 1.54) is 17.2 Å². The highest BCUT2D eigenvalue weighted by Crippen LogP contribution is 2.33. The van der Waals surface area contributed by atoms with Crippen molar-refractivity contribution in [2.24, 2.45) is 0 Å². The number of aromatic nitrogens is 1. The number of nitrogens with zero attached hydrogens (tertiary/aromatic N) is 3. The average molecular weight is 336 g/mol. The zero-order valence-electron chi connectivity index (χ0n) is 13.8. The molecule has 0 unspecified atom stereocenters. The van der Waals surface area contributed by atoms with Crippen LogP contribution in [0.4, 0.5) is 21.9 Å². The Labute approximate surface area is 144 Å². The van der Waals surface area contributed by atoms with Crippen LogP contribution >= 0.6 is 0 Å². The lowest BCUT2D eigenvalue weighted by molar-refractivity contribution is -0.383. The van der Waals surface area contributed by atoms with Gasteiger partial charge >= 0.3 is 6.03 Å². The molecule has 2 aromatic carbocycles. The molecule has 25 heavy (non-hydrogen) atoms. The summed E-state index contributed by atoms with van der Waals surface area (Å²) in [5, 5.41) is 14.6. The maximum Gasteiger partial charge on any atom is 0.326 e. The molecule has 0 aliphatic heterocycles. The molecule has 0 saturated heterocycles. The molecular weight excluding hydrogens is 320 g/mol. The van der Waals surface area contributed by atoms with Gasteiger partial charge in [-0.3, -0.25) is 15.0 Å². The Kier molecular flexibility index (Phi) is 4.30. The first-order valence-electron chi connectivity index (χ1n) is 7.61. The van der Waals surface area contributed by atoms with Gasteiger partial charge in [0.2, 0.25) is 0 Å². The smallest absolute Gasteiger partial charge is 0.308 e. The van der Waals surface area contributed by atoms with E-state index in [9.17, 15) is 14.9 Å². The third-order valence-corrected chi connectivity index (χ3v) is 3.89. The molecule has 0 aliphatic rings. The number of amides is 2. The number of carbonyl (C=O) groups is 1. The van der Waals surface area contributed by atoms with Gasteiger partial charge in [-0.2, -0.15) is 0 Å². The Balaban J connectivity index is 2.05. The SMILES string of the molecule is Cc1cnc2c([N+](=O)[O-])cccc2c1N(C)C(=O)Nc1ccccc1. The van der Waals surface area contributed by atoms with Crippen molar-refractivity contribution in [3.63, 3.8) is 0 Å². The number of para-hydroxylation sites is 2. The van der Waals surface area contributed by atoms with Crippen LogP contribution in [0, 0.1) is 17.0 Å². The largest absolute Gasteiger partial charge is 0.326 e. The average Bonchev–Trinajstić information content (AvgIpc) is 2.61. The Morgan fingerprint density at radius 2 is 1.88 bits per heavy atom. The van der Waals surface area contributed by atoms with E-state index in [1.807, 2.05) is 25.1 Å². The number of rotatable bonds is 3. The van der Waals surface area contributed by atoms with Crippen LogP contribution in [0.25, 0.3) is 10.9 Å². The van der Waals surface area contributed by atoms with E-state index in [4.69, 9.17) is 0 Å². The van der Waals surface area contributed by atoms with Gasteiger partial charge in [0, 0.05) is 30.4 Å². The fourth-order valence-corrected chi connectivity index (χ4v) is 2.72. The predicted octanol–water partition coefficient (Wildman–Crippen LogP) is 4.12. The molecule has 7 heteroatoms. The Morgan fingerprint density at radius 3 is 2.56 bits per heavy atom. The zero-order valence-corrected chi connectivity index (χ0v) is 13.8. The van der Waals surface area contributed by atoms with E-state index < -0.39 is 4.92 Å². The van der Waals surface area contributed by atoms with Crippen LogP contribution in [0.2, 0.25) is 0 Å². The molecule has 0 atom stereocenters. The van der Waals surface area contributed by atoms with Crippen molar-refractivity contribution < 1.29 is 9.72 Å². The predicted molar refractivity (Wildman–Crippen MR) is 97.0 cm³/mol. The molecule has 1 heterocycles. The number of carbonyl (C=O) groups excluding carboxylic acids is 1. The van der Waals surface area contributed by atoms with E-state index in [2.05, 4.69) is 10.3 Å². The summed E-state index contributed by atoms with van der Waals surface area (Å²) >= 11 is 0. The van der Waals surface area contributed by atoms with Gasteiger partial charge in [0.1, 0.15) is 5.52 Å². The number of aryl methyl sites for hydroxylation is 1. The molecule has 1 N–H and O–H groups in total. The van der Waals surface area contributed by atoms with Crippen molar-refractivity contribution in [2.75, 3.05) is 17.3 Å². The van der Waals surface area contributed by atoms with Gasteiger partial charge in [-0.05, 0) is 24.6 Å². The lowest BCUT2D eigenvalue weighted by atomic mass is 10.1. The van der Waals surface area contributed by atoms with Crippen LogP contribution in [0.3, 0.4) is 0 Å². The van der Waals surface area contributed by atoms with Crippen molar-refractivity contribution in [3.8, 4) is 0 Å². The standard InChI is InChI=1S/C18H16N4O3/c1-12-11-19-16-14(9-6-10-15(16)22(24)25)17(12)21(2)18(23)20-13-7-4-3-5-8-13/h3-11H,1-2H3,(H,20,23). The minimum Gasteiger partial charge on any atom is -0.308 e. The summed E-state index contributed by atoms with van der Waals surface area (Å²) in [6, 6.07) is 13.5. The molecule has 0 radical (unpaired) electrons. The van der Waals surface area contributed by atoms with E-state index in [-0.39, 0.29) is 17.2 Å². The van der Waals surface area contributed by atoms with Crippen molar-refractivity contribution >= 4 is 34.0 Å². The molecule has 0 spiro atoms. The highest BCUT2D eigenvalue weighted by atomic mass is 16.6. The minimum atomic E-state index is -0.474. The second-order valence-corrected chi connectivity index (χ2v) is 5.58. The molecule has 0 fully saturated rings. The van der Waals surface area contributed by atoms with Crippen molar-refractivity contribution in [2.45, 2.75) is 6.92 Å². The van der Waals surface area contributed by atoms with Gasteiger partial charge in [0.05, 0.1) is 10.6 Å². The van der Waals surface area contributed by atoms with Gasteiger partial charge in [-0.25, -0.2) is 9.78 Å². The molecular formula is C18H16N4O3. The lowest BCUT2D eigenvalue weighted by Gasteiger charge is -2.21. The van der Waals surface area contributed by atoms with Crippen molar-refractivity contribution in [3.05, 3.63) is 70.4 Å². The molecule has 7 nitrogen and oxygen atoms in total. The summed E-state index contributed by atoms with van der Waals surface area (Å²) < 4.78 is 0. The van der Waals surface area contributed by atoms with E-state index >= 15 is 0 Å². The number of non-ortho nitro benzene ring substituents is 1. The molecule has 0 bridgehead atoms. The number of urea groups is 1. The Morgan fingerprint density at radius 1 is 1.16 bits per heavy atom. The molecule has 3 aromatic rings. The first kappa shape index (κ1) is 16.4. The normalized spacial score (nSPS) is 10.5. The van der Waals surface area contributed by atoms with Crippen LogP contribution in [-0.2, 0) is 0 Å². The topological polar surface area (TPSA) is 88.4 Å². The first-order chi connectivity index (χ1) is 12.0. The minimum absolute atomic E-state index is 0.0874. The molecule has 3 rings (SSSR count). The summed E-state index contributed by atoms with van der Waals surface area (Å²) in [5.41, 5.74) is 2.17. The number of nitro groups is 1. The van der Waals surface area contributed by atoms with Gasteiger partial charge in [-0.15, -0.1) is 0 Å². The number of hydrogen-bond acceptors (Lipinski definition) is 4. The van der Waals surface area contributed by atoms with Gasteiger partial charge < -0.3 is 5.32 Å². The number of pyridine rings is 1. The van der Waals surface area contributed by atoms with Crippen LogP contribution in [-0.4, -0.2) is 23.0 Å². The number of benzene rings is 2. The van der Waals surface area contributed by atoms with Crippen LogP contribution in [0.15, 0.2) is 54.7 Å². The second kappa shape index (κ2) is 6.56. The van der Waals surface area contributed by atoms with Gasteiger partial charge in [0.15, 0.2) is 0 Å². The monoisotopic (exact) mass is 336 g/mol. The van der Waals surface area contributed by atoms with Gasteiger partial charge in [-0.1, -0.05) is 30.3 Å². The Hall–Kier alpha value is -3.48. The number of fused-ring (bicyclic) bond motifs is 1. The van der Waals surface area contributed by atoms with E-state index in [0.717, 1.165) is 5.56 Å². The highest BCUT2D eigenvalue weighted by molar-refractivity contribution is 6.08. The van der Waals surface area contributed by atoms with E-state index in [1.54, 1.807) is 31.3 Å². The quantitative estimate of drug-likeness (QED) is 0.575. The fourth-order valence-electron chi connectivity index (χ4n) is 2.72. The number of hydrogen-bond donors (Lipinski definition) is 1. The second-order valence-electron chi connectivity index (χ2n) is 5.58. The summed E-state index contributed by atoms with van der Waals surface area (Å²) in [6.45, 7) is 1.81. The van der Waals surface area contributed by atoms with Crippen molar-refractivity contribution in [1.29, 1.82) is 0 Å². The summed E-state index contributed by atoms with van der Waals surface area (Å²) in [5.74, 6) is 0. The lowest BCUT2D eigenvalue weighted by Crippen LogP contribution is -2.32. The number of anilines is 2. The summed E-state index contributed by atoms with van der Waals surface area (Å²) in [4.78, 5) is 29.0. The molecule has 1 aromatic heterocycles. The molecule has 0 aliphatic carbocycles. The van der Waals surface area contributed by atoms with Crippen LogP contribution < -0.4 is 10.2 Å². The molecule has 2 amide bonds. The summed E-state index contributed by atoms with van der Waals surface area (Å²) in [7, 11) is 1.62. The highest BCUT2D eigenvalue weighted by Gasteiger charge is 2.21. The maximum absolute atomic E-state index is 12.6. The number of nitro benzene ring substituents is 1. The third kappa shape index (κ3) is 3.12. The molecule has 126 valence electrons. The molecule has 0 saturated carbocycles. The van der Waals surface area contributed by atoms with E-state index in [0.29, 0.717) is 16.8 Å².